The molecule has 0 bridgehead atoms. The molecule has 1 aromatic carbocycles. The highest BCUT2D eigenvalue weighted by Gasteiger charge is 2.30. The minimum Gasteiger partial charge on any atom is -0.465 e. The first kappa shape index (κ1) is 23.5. The molecule has 3 aromatic rings. The Labute approximate surface area is 193 Å². The standard InChI is InChI=1S/C22H21ClN2O6S/c1-10(2)30-21(27)15-11(3)18(22(28)29-5)32-20(15)24-19(26)16-12(4)31-25-17(16)13-8-6-7-9-14(13)23/h6-10H,1-5H3,(H,24,26). The van der Waals surface area contributed by atoms with Gasteiger partial charge in [-0.25, -0.2) is 9.59 Å². The summed E-state index contributed by atoms with van der Waals surface area (Å²) in [5.74, 6) is -1.59. The van der Waals surface area contributed by atoms with Crippen LogP contribution in [0.5, 0.6) is 0 Å². The van der Waals surface area contributed by atoms with Gasteiger partial charge in [-0.1, -0.05) is 35.0 Å². The van der Waals surface area contributed by atoms with E-state index in [-0.39, 0.29) is 38.6 Å². The van der Waals surface area contributed by atoms with E-state index in [2.05, 4.69) is 10.5 Å². The highest BCUT2D eigenvalue weighted by Crippen LogP contribution is 2.36. The van der Waals surface area contributed by atoms with Crippen LogP contribution in [-0.2, 0) is 9.47 Å². The Bertz CT molecular complexity index is 1200. The predicted molar refractivity (Wildman–Crippen MR) is 121 cm³/mol. The van der Waals surface area contributed by atoms with Crippen LogP contribution in [0.1, 0.15) is 55.6 Å². The van der Waals surface area contributed by atoms with Crippen LogP contribution < -0.4 is 5.32 Å². The van der Waals surface area contributed by atoms with Crippen molar-refractivity contribution < 1.29 is 28.4 Å². The van der Waals surface area contributed by atoms with Gasteiger partial charge in [0, 0.05) is 5.56 Å². The average Bonchev–Trinajstić information content (AvgIpc) is 3.27. The molecule has 0 radical (unpaired) electrons. The van der Waals surface area contributed by atoms with Gasteiger partial charge in [0.15, 0.2) is 0 Å². The number of anilines is 1. The van der Waals surface area contributed by atoms with Crippen molar-refractivity contribution in [3.8, 4) is 11.3 Å². The summed E-state index contributed by atoms with van der Waals surface area (Å²) >= 11 is 7.20. The van der Waals surface area contributed by atoms with Crippen LogP contribution in [0.4, 0.5) is 5.00 Å². The van der Waals surface area contributed by atoms with E-state index in [0.717, 1.165) is 11.3 Å². The van der Waals surface area contributed by atoms with E-state index in [4.69, 9.17) is 25.6 Å². The molecule has 0 unspecified atom stereocenters. The summed E-state index contributed by atoms with van der Waals surface area (Å²) < 4.78 is 15.4. The molecular formula is C22H21ClN2O6S. The number of carbonyl (C=O) groups excluding carboxylic acids is 3. The predicted octanol–water partition coefficient (Wildman–Crippen LogP) is 5.28. The number of aromatic nitrogens is 1. The lowest BCUT2D eigenvalue weighted by Gasteiger charge is -2.10. The van der Waals surface area contributed by atoms with Crippen molar-refractivity contribution in [1.82, 2.24) is 5.16 Å². The summed E-state index contributed by atoms with van der Waals surface area (Å²) in [6, 6.07) is 6.91. The number of nitrogens with one attached hydrogen (secondary N) is 1. The molecule has 3 rings (SSSR count). The number of hydrogen-bond donors (Lipinski definition) is 1. The van der Waals surface area contributed by atoms with Gasteiger partial charge in [0.25, 0.3) is 5.91 Å². The Hall–Kier alpha value is -3.17. The van der Waals surface area contributed by atoms with E-state index in [1.807, 2.05) is 0 Å². The first-order valence-corrected chi connectivity index (χ1v) is 10.8. The minimum absolute atomic E-state index is 0.0888. The van der Waals surface area contributed by atoms with Crippen molar-refractivity contribution in [2.45, 2.75) is 33.8 Å². The molecule has 168 valence electrons. The van der Waals surface area contributed by atoms with Crippen molar-refractivity contribution in [3.63, 3.8) is 0 Å². The van der Waals surface area contributed by atoms with Gasteiger partial charge >= 0.3 is 11.9 Å². The minimum atomic E-state index is -0.660. The fraction of sp³-hybridized carbons (Fsp3) is 0.273. The third kappa shape index (κ3) is 4.53. The van der Waals surface area contributed by atoms with Crippen molar-refractivity contribution >= 4 is 45.8 Å². The second-order valence-electron chi connectivity index (χ2n) is 7.10. The molecule has 0 saturated heterocycles. The number of rotatable bonds is 6. The largest absolute Gasteiger partial charge is 0.465 e. The number of halogens is 1. The molecule has 0 aliphatic rings. The molecule has 10 heteroatoms. The second kappa shape index (κ2) is 9.54. The Morgan fingerprint density at radius 2 is 1.81 bits per heavy atom. The molecule has 1 amide bonds. The zero-order valence-corrected chi connectivity index (χ0v) is 19.6. The molecule has 0 saturated carbocycles. The number of aryl methyl sites for hydroxylation is 1. The zero-order chi connectivity index (χ0) is 23.6. The van der Waals surface area contributed by atoms with Gasteiger partial charge in [-0.2, -0.15) is 0 Å². The van der Waals surface area contributed by atoms with Crippen LogP contribution in [0.25, 0.3) is 11.3 Å². The topological polar surface area (TPSA) is 108 Å². The maximum atomic E-state index is 13.2. The number of thiophene rings is 1. The maximum absolute atomic E-state index is 13.2. The summed E-state index contributed by atoms with van der Waals surface area (Å²) in [6.45, 7) is 6.59. The molecule has 1 N–H and O–H groups in total. The van der Waals surface area contributed by atoms with Crippen LogP contribution in [0, 0.1) is 13.8 Å². The van der Waals surface area contributed by atoms with Gasteiger partial charge in [-0.05, 0) is 39.3 Å². The van der Waals surface area contributed by atoms with Gasteiger partial charge in [0.2, 0.25) is 0 Å². The number of amides is 1. The number of ether oxygens (including phenoxy) is 2. The van der Waals surface area contributed by atoms with Crippen LogP contribution >= 0.6 is 22.9 Å². The number of nitrogens with zero attached hydrogens (tertiary/aromatic N) is 1. The van der Waals surface area contributed by atoms with Gasteiger partial charge < -0.3 is 19.3 Å². The maximum Gasteiger partial charge on any atom is 0.348 e. The fourth-order valence-electron chi connectivity index (χ4n) is 3.05. The first-order chi connectivity index (χ1) is 15.1. The number of benzene rings is 1. The van der Waals surface area contributed by atoms with E-state index in [1.165, 1.54) is 7.11 Å². The third-order valence-electron chi connectivity index (χ3n) is 4.51. The van der Waals surface area contributed by atoms with E-state index in [9.17, 15) is 14.4 Å². The van der Waals surface area contributed by atoms with Crippen molar-refractivity contribution in [1.29, 1.82) is 0 Å². The number of methoxy groups -OCH3 is 1. The molecule has 2 aromatic heterocycles. The first-order valence-electron chi connectivity index (χ1n) is 9.60. The molecule has 0 aliphatic carbocycles. The lowest BCUT2D eigenvalue weighted by Crippen LogP contribution is -2.17. The monoisotopic (exact) mass is 476 g/mol. The molecule has 8 nitrogen and oxygen atoms in total. The number of esters is 2. The Balaban J connectivity index is 2.05. The second-order valence-corrected chi connectivity index (χ2v) is 8.53. The van der Waals surface area contributed by atoms with Crippen LogP contribution in [-0.4, -0.2) is 36.2 Å². The highest BCUT2D eigenvalue weighted by molar-refractivity contribution is 7.18. The van der Waals surface area contributed by atoms with Gasteiger partial charge in [0.1, 0.15) is 26.9 Å². The Kier molecular flexibility index (Phi) is 7.00. The normalized spacial score (nSPS) is 10.8. The quantitative estimate of drug-likeness (QED) is 0.482. The Morgan fingerprint density at radius 3 is 2.44 bits per heavy atom. The van der Waals surface area contributed by atoms with Gasteiger partial charge in [0.05, 0.1) is 23.8 Å². The summed E-state index contributed by atoms with van der Waals surface area (Å²) in [5.41, 5.74) is 1.39. The molecule has 0 spiro atoms. The number of carbonyl (C=O) groups is 3. The van der Waals surface area contributed by atoms with Crippen molar-refractivity contribution in [2.75, 3.05) is 12.4 Å². The van der Waals surface area contributed by atoms with Crippen molar-refractivity contribution in [3.05, 3.63) is 56.6 Å². The molecule has 2 heterocycles. The van der Waals surface area contributed by atoms with Gasteiger partial charge in [-0.3, -0.25) is 4.79 Å². The van der Waals surface area contributed by atoms with Crippen molar-refractivity contribution in [2.24, 2.45) is 0 Å². The summed E-state index contributed by atoms with van der Waals surface area (Å²) in [5, 5.41) is 7.25. The van der Waals surface area contributed by atoms with Gasteiger partial charge in [-0.15, -0.1) is 11.3 Å². The molecular weight excluding hydrogens is 456 g/mol. The fourth-order valence-corrected chi connectivity index (χ4v) is 4.38. The van der Waals surface area contributed by atoms with Crippen LogP contribution in [0.2, 0.25) is 5.02 Å². The Morgan fingerprint density at radius 1 is 1.12 bits per heavy atom. The van der Waals surface area contributed by atoms with Crippen LogP contribution in [0.3, 0.4) is 0 Å². The summed E-state index contributed by atoms with van der Waals surface area (Å²) in [7, 11) is 1.24. The molecule has 0 aliphatic heterocycles. The molecule has 32 heavy (non-hydrogen) atoms. The zero-order valence-electron chi connectivity index (χ0n) is 18.1. The lowest BCUT2D eigenvalue weighted by atomic mass is 10.1. The summed E-state index contributed by atoms with van der Waals surface area (Å²) in [6.07, 6.45) is -0.390. The molecule has 0 fully saturated rings. The highest BCUT2D eigenvalue weighted by atomic mass is 35.5. The van der Waals surface area contributed by atoms with Crippen LogP contribution in [0.15, 0.2) is 28.8 Å². The SMILES string of the molecule is COC(=O)c1sc(NC(=O)c2c(-c3ccccc3Cl)noc2C)c(C(=O)OC(C)C)c1C. The van der Waals surface area contributed by atoms with E-state index < -0.39 is 17.8 Å². The van der Waals surface area contributed by atoms with E-state index in [1.54, 1.807) is 52.0 Å². The van der Waals surface area contributed by atoms with E-state index >= 15 is 0 Å². The third-order valence-corrected chi connectivity index (χ3v) is 6.03. The van der Waals surface area contributed by atoms with E-state index in [0.29, 0.717) is 16.1 Å². The number of hydrogen-bond acceptors (Lipinski definition) is 8. The molecule has 0 atom stereocenters. The average molecular weight is 477 g/mol. The smallest absolute Gasteiger partial charge is 0.348 e. The lowest BCUT2D eigenvalue weighted by molar-refractivity contribution is 0.0379. The summed E-state index contributed by atoms with van der Waals surface area (Å²) in [4.78, 5) is 38.3.